The molecule has 2 aromatic carbocycles. The molecule has 0 bridgehead atoms. The first kappa shape index (κ1) is 19.0. The molecular weight excluding hydrogens is 340 g/mol. The number of nitrogens with zero attached hydrogens (tertiary/aromatic N) is 1. The largest absolute Gasteiger partial charge is 0.497 e. The van der Waals surface area contributed by atoms with Gasteiger partial charge in [0.1, 0.15) is 5.75 Å². The molecule has 142 valence electrons. The smallest absolute Gasteiger partial charge is 0.240 e. The summed E-state index contributed by atoms with van der Waals surface area (Å²) >= 11 is 0. The van der Waals surface area contributed by atoms with Crippen molar-refractivity contribution in [1.82, 2.24) is 5.32 Å². The summed E-state index contributed by atoms with van der Waals surface area (Å²) in [6.07, 6.45) is 2.48. The fourth-order valence-electron chi connectivity index (χ4n) is 3.50. The number of anilines is 1. The molecule has 27 heavy (non-hydrogen) atoms. The number of nitrogens with one attached hydrogen (secondary N) is 1. The lowest BCUT2D eigenvalue weighted by molar-refractivity contribution is -0.126. The molecule has 0 radical (unpaired) electrons. The van der Waals surface area contributed by atoms with Crippen molar-refractivity contribution in [1.29, 1.82) is 0 Å². The average molecular weight is 366 g/mol. The fourth-order valence-corrected chi connectivity index (χ4v) is 3.50. The van der Waals surface area contributed by atoms with Crippen molar-refractivity contribution in [3.05, 3.63) is 59.7 Å². The third-order valence-corrected chi connectivity index (χ3v) is 4.94. The van der Waals surface area contributed by atoms with Crippen LogP contribution < -0.4 is 15.0 Å². The lowest BCUT2D eigenvalue weighted by Gasteiger charge is -2.31. The van der Waals surface area contributed by atoms with E-state index in [4.69, 9.17) is 4.74 Å². The van der Waals surface area contributed by atoms with Gasteiger partial charge in [-0.15, -0.1) is 0 Å². The van der Waals surface area contributed by atoms with Crippen LogP contribution in [0, 0.1) is 0 Å². The van der Waals surface area contributed by atoms with Crippen LogP contribution in [0.15, 0.2) is 48.5 Å². The van der Waals surface area contributed by atoms with Gasteiger partial charge in [-0.05, 0) is 55.5 Å². The van der Waals surface area contributed by atoms with Crippen LogP contribution in [0.2, 0.25) is 0 Å². The Balaban J connectivity index is 1.65. The Kier molecular flexibility index (Phi) is 6.12. The summed E-state index contributed by atoms with van der Waals surface area (Å²) in [4.78, 5) is 26.7. The minimum absolute atomic E-state index is 0.0315. The van der Waals surface area contributed by atoms with Crippen molar-refractivity contribution >= 4 is 17.4 Å². The summed E-state index contributed by atoms with van der Waals surface area (Å²) in [5.41, 5.74) is 3.30. The third kappa shape index (κ3) is 4.88. The molecule has 3 rings (SSSR count). The van der Waals surface area contributed by atoms with Crippen LogP contribution in [-0.2, 0) is 22.4 Å². The molecule has 0 saturated heterocycles. The number of ether oxygens (including phenoxy) is 1. The molecule has 1 N–H and O–H groups in total. The van der Waals surface area contributed by atoms with Crippen molar-refractivity contribution in [2.75, 3.05) is 25.1 Å². The minimum atomic E-state index is -0.500. The van der Waals surface area contributed by atoms with Crippen LogP contribution in [0.25, 0.3) is 0 Å². The zero-order valence-electron chi connectivity index (χ0n) is 15.9. The second kappa shape index (κ2) is 8.71. The van der Waals surface area contributed by atoms with Crippen LogP contribution in [0.4, 0.5) is 5.69 Å². The van der Waals surface area contributed by atoms with E-state index in [-0.39, 0.29) is 18.2 Å². The molecule has 2 aromatic rings. The number of amides is 1. The van der Waals surface area contributed by atoms with Crippen LogP contribution in [0.3, 0.4) is 0 Å². The SMILES string of the molecule is COc1ccc2c(c1)CCCN2CC(=O)NC(Cc1ccccc1)C(C)=O. The second-order valence-electron chi connectivity index (χ2n) is 6.94. The molecule has 1 heterocycles. The van der Waals surface area contributed by atoms with Gasteiger partial charge in [0.15, 0.2) is 5.78 Å². The van der Waals surface area contributed by atoms with Crippen LogP contribution in [0.1, 0.15) is 24.5 Å². The highest BCUT2D eigenvalue weighted by Gasteiger charge is 2.22. The van der Waals surface area contributed by atoms with E-state index in [2.05, 4.69) is 10.2 Å². The van der Waals surface area contributed by atoms with Gasteiger partial charge in [-0.1, -0.05) is 30.3 Å². The van der Waals surface area contributed by atoms with E-state index in [1.54, 1.807) is 7.11 Å². The van der Waals surface area contributed by atoms with E-state index in [0.717, 1.165) is 36.4 Å². The Labute approximate surface area is 160 Å². The molecule has 0 saturated carbocycles. The van der Waals surface area contributed by atoms with Crippen molar-refractivity contribution in [2.45, 2.75) is 32.2 Å². The second-order valence-corrected chi connectivity index (χ2v) is 6.94. The first-order chi connectivity index (χ1) is 13.1. The van der Waals surface area contributed by atoms with Gasteiger partial charge in [-0.25, -0.2) is 0 Å². The monoisotopic (exact) mass is 366 g/mol. The van der Waals surface area contributed by atoms with E-state index < -0.39 is 6.04 Å². The molecule has 1 amide bonds. The van der Waals surface area contributed by atoms with Gasteiger partial charge in [-0.3, -0.25) is 9.59 Å². The summed E-state index contributed by atoms with van der Waals surface area (Å²) in [6.45, 7) is 2.60. The molecule has 1 unspecified atom stereocenters. The number of Topliss-reactive ketones (excluding diaryl/α,β-unsaturated/α-hetero) is 1. The zero-order valence-corrected chi connectivity index (χ0v) is 15.9. The highest BCUT2D eigenvalue weighted by atomic mass is 16.5. The predicted octanol–water partition coefficient (Wildman–Crippen LogP) is 2.76. The normalized spacial score (nSPS) is 14.2. The Hall–Kier alpha value is -2.82. The fraction of sp³-hybridized carbons (Fsp3) is 0.364. The first-order valence-electron chi connectivity index (χ1n) is 9.32. The molecule has 0 spiro atoms. The van der Waals surface area contributed by atoms with E-state index in [9.17, 15) is 9.59 Å². The topological polar surface area (TPSA) is 58.6 Å². The number of carbonyl (C=O) groups excluding carboxylic acids is 2. The summed E-state index contributed by atoms with van der Waals surface area (Å²) in [5.74, 6) is 0.672. The van der Waals surface area contributed by atoms with Gasteiger partial charge in [0.05, 0.1) is 19.7 Å². The highest BCUT2D eigenvalue weighted by Crippen LogP contribution is 2.30. The van der Waals surface area contributed by atoms with Crippen molar-refractivity contribution in [2.24, 2.45) is 0 Å². The van der Waals surface area contributed by atoms with Gasteiger partial charge in [0.2, 0.25) is 5.91 Å². The Morgan fingerprint density at radius 1 is 1.19 bits per heavy atom. The third-order valence-electron chi connectivity index (χ3n) is 4.94. The zero-order chi connectivity index (χ0) is 19.2. The van der Waals surface area contributed by atoms with Crippen LogP contribution in [0.5, 0.6) is 5.75 Å². The summed E-state index contributed by atoms with van der Waals surface area (Å²) in [5, 5.41) is 2.91. The van der Waals surface area contributed by atoms with Crippen molar-refractivity contribution in [3.63, 3.8) is 0 Å². The molecule has 5 heteroatoms. The van der Waals surface area contributed by atoms with E-state index in [1.807, 2.05) is 48.5 Å². The Morgan fingerprint density at radius 3 is 2.67 bits per heavy atom. The number of carbonyl (C=O) groups is 2. The summed E-state index contributed by atoms with van der Waals surface area (Å²) < 4.78 is 5.30. The molecule has 0 aliphatic carbocycles. The maximum atomic E-state index is 12.6. The average Bonchev–Trinajstić information content (AvgIpc) is 2.68. The van der Waals surface area contributed by atoms with Gasteiger partial charge in [-0.2, -0.15) is 0 Å². The van der Waals surface area contributed by atoms with Gasteiger partial charge in [0.25, 0.3) is 0 Å². The molecule has 5 nitrogen and oxygen atoms in total. The number of aryl methyl sites for hydroxylation is 1. The number of ketones is 1. The number of methoxy groups -OCH3 is 1. The minimum Gasteiger partial charge on any atom is -0.497 e. The summed E-state index contributed by atoms with van der Waals surface area (Å²) in [7, 11) is 1.66. The van der Waals surface area contributed by atoms with Crippen molar-refractivity contribution in [3.8, 4) is 5.75 Å². The molecule has 1 aliphatic heterocycles. The lowest BCUT2D eigenvalue weighted by Crippen LogP contribution is -2.47. The number of rotatable bonds is 7. The molecule has 1 aliphatic rings. The molecule has 1 atom stereocenters. The van der Waals surface area contributed by atoms with Crippen LogP contribution >= 0.6 is 0 Å². The van der Waals surface area contributed by atoms with E-state index in [1.165, 1.54) is 12.5 Å². The van der Waals surface area contributed by atoms with E-state index >= 15 is 0 Å². The number of benzene rings is 2. The molecule has 0 fully saturated rings. The Bertz CT molecular complexity index is 804. The number of hydrogen-bond donors (Lipinski definition) is 1. The predicted molar refractivity (Wildman–Crippen MR) is 106 cm³/mol. The first-order valence-corrected chi connectivity index (χ1v) is 9.32. The number of hydrogen-bond acceptors (Lipinski definition) is 4. The maximum Gasteiger partial charge on any atom is 0.240 e. The lowest BCUT2D eigenvalue weighted by atomic mass is 10.0. The van der Waals surface area contributed by atoms with Crippen LogP contribution in [-0.4, -0.2) is 37.9 Å². The summed E-state index contributed by atoms with van der Waals surface area (Å²) in [6, 6.07) is 15.2. The standard InChI is InChI=1S/C22H26N2O3/c1-16(25)20(13-17-7-4-3-5-8-17)23-22(26)15-24-12-6-9-18-14-19(27-2)10-11-21(18)24/h3-5,7-8,10-11,14,20H,6,9,12-13,15H2,1-2H3,(H,23,26). The van der Waals surface area contributed by atoms with Crippen molar-refractivity contribution < 1.29 is 14.3 Å². The maximum absolute atomic E-state index is 12.6. The van der Waals surface area contributed by atoms with Gasteiger partial charge in [0, 0.05) is 12.2 Å². The Morgan fingerprint density at radius 2 is 1.96 bits per heavy atom. The van der Waals surface area contributed by atoms with Gasteiger partial charge < -0.3 is 15.0 Å². The van der Waals surface area contributed by atoms with E-state index in [0.29, 0.717) is 6.42 Å². The molecule has 0 aromatic heterocycles. The quantitative estimate of drug-likeness (QED) is 0.819. The molecular formula is C22H26N2O3. The van der Waals surface area contributed by atoms with Gasteiger partial charge >= 0.3 is 0 Å². The highest BCUT2D eigenvalue weighted by molar-refractivity contribution is 5.89. The number of fused-ring (bicyclic) bond motifs is 1.